The van der Waals surface area contributed by atoms with Crippen LogP contribution in [-0.4, -0.2) is 24.8 Å². The number of hydrogen-bond acceptors (Lipinski definition) is 7. The van der Waals surface area contributed by atoms with E-state index in [9.17, 15) is 0 Å². The summed E-state index contributed by atoms with van der Waals surface area (Å²) in [7, 11) is 0. The fraction of sp³-hybridized carbons (Fsp3) is 0.273. The van der Waals surface area contributed by atoms with Gasteiger partial charge in [-0.3, -0.25) is 0 Å². The molecule has 3 aromatic heterocycles. The van der Waals surface area contributed by atoms with Gasteiger partial charge in [-0.15, -0.1) is 21.5 Å². The van der Waals surface area contributed by atoms with Crippen LogP contribution in [0.3, 0.4) is 0 Å². The Kier molecular flexibility index (Phi) is 3.11. The van der Waals surface area contributed by atoms with Gasteiger partial charge in [-0.05, 0) is 31.2 Å². The fourth-order valence-electron chi connectivity index (χ4n) is 1.65. The van der Waals surface area contributed by atoms with Crippen molar-refractivity contribution in [3.63, 3.8) is 0 Å². The third-order valence-electron chi connectivity index (χ3n) is 2.72. The first-order valence-electron chi connectivity index (χ1n) is 5.77. The zero-order valence-electron chi connectivity index (χ0n) is 10.5. The number of hydrogen-bond donors (Lipinski definition) is 1. The highest BCUT2D eigenvalue weighted by atomic mass is 32.2. The van der Waals surface area contributed by atoms with Crippen molar-refractivity contribution in [3.8, 4) is 0 Å². The van der Waals surface area contributed by atoms with Gasteiger partial charge in [-0.2, -0.15) is 0 Å². The van der Waals surface area contributed by atoms with Crippen LogP contribution in [-0.2, 0) is 6.42 Å². The summed E-state index contributed by atoms with van der Waals surface area (Å²) in [6.45, 7) is 3.94. The first kappa shape index (κ1) is 12.4. The van der Waals surface area contributed by atoms with Gasteiger partial charge in [0.2, 0.25) is 5.16 Å². The first-order chi connectivity index (χ1) is 9.19. The van der Waals surface area contributed by atoms with Crippen molar-refractivity contribution in [1.82, 2.24) is 24.8 Å². The van der Waals surface area contributed by atoms with Crippen molar-refractivity contribution in [2.45, 2.75) is 30.5 Å². The second-order valence-electron chi connectivity index (χ2n) is 3.97. The summed E-state index contributed by atoms with van der Waals surface area (Å²) in [5, 5.41) is 10.5. The molecule has 0 aromatic carbocycles. The Labute approximate surface area is 118 Å². The van der Waals surface area contributed by atoms with Gasteiger partial charge < -0.3 is 5.84 Å². The minimum absolute atomic E-state index is 0.627. The van der Waals surface area contributed by atoms with Crippen LogP contribution in [0.1, 0.15) is 17.6 Å². The van der Waals surface area contributed by atoms with E-state index in [-0.39, 0.29) is 0 Å². The molecule has 0 spiro atoms. The van der Waals surface area contributed by atoms with Crippen LogP contribution < -0.4 is 5.84 Å². The lowest BCUT2D eigenvalue weighted by Gasteiger charge is -2.01. The highest BCUT2D eigenvalue weighted by Crippen LogP contribution is 2.33. The number of nitrogen functional groups attached to an aromatic ring is 1. The second-order valence-corrected chi connectivity index (χ2v) is 6.04. The number of rotatable bonds is 3. The van der Waals surface area contributed by atoms with Crippen molar-refractivity contribution in [2.75, 3.05) is 5.84 Å². The van der Waals surface area contributed by atoms with Gasteiger partial charge in [0.15, 0.2) is 0 Å². The molecular formula is C11H12N6S2. The Morgan fingerprint density at radius 3 is 2.89 bits per heavy atom. The number of nitrogens with two attached hydrogens (primary N) is 1. The van der Waals surface area contributed by atoms with E-state index in [1.165, 1.54) is 21.3 Å². The third-order valence-corrected chi connectivity index (χ3v) is 4.88. The van der Waals surface area contributed by atoms with Gasteiger partial charge in [0.1, 0.15) is 22.0 Å². The summed E-state index contributed by atoms with van der Waals surface area (Å²) >= 11 is 3.10. The summed E-state index contributed by atoms with van der Waals surface area (Å²) in [5.74, 6) is 6.53. The molecule has 3 aromatic rings. The molecule has 0 aliphatic rings. The largest absolute Gasteiger partial charge is 0.336 e. The van der Waals surface area contributed by atoms with Crippen molar-refractivity contribution in [3.05, 3.63) is 23.1 Å². The minimum atomic E-state index is 0.627. The van der Waals surface area contributed by atoms with Crippen LogP contribution in [0.2, 0.25) is 0 Å². The van der Waals surface area contributed by atoms with Gasteiger partial charge in [0.25, 0.3) is 0 Å². The molecule has 3 rings (SSSR count). The molecule has 0 fully saturated rings. The van der Waals surface area contributed by atoms with Gasteiger partial charge in [-0.1, -0.05) is 6.92 Å². The standard InChI is InChI=1S/C11H12N6S2/c1-3-7-4-8-9(18-7)13-5-14-10(8)19-11-16-15-6(2)17(11)12/h4-5H,3,12H2,1-2H3. The van der Waals surface area contributed by atoms with E-state index in [1.54, 1.807) is 17.7 Å². The van der Waals surface area contributed by atoms with Crippen LogP contribution in [0, 0.1) is 6.92 Å². The lowest BCUT2D eigenvalue weighted by atomic mass is 10.3. The van der Waals surface area contributed by atoms with Crippen molar-refractivity contribution < 1.29 is 0 Å². The van der Waals surface area contributed by atoms with Crippen LogP contribution in [0.5, 0.6) is 0 Å². The Morgan fingerprint density at radius 2 is 2.21 bits per heavy atom. The van der Waals surface area contributed by atoms with E-state index in [0.717, 1.165) is 21.7 Å². The number of aryl methyl sites for hydroxylation is 2. The highest BCUT2D eigenvalue weighted by Gasteiger charge is 2.13. The van der Waals surface area contributed by atoms with Crippen molar-refractivity contribution in [2.24, 2.45) is 0 Å². The predicted molar refractivity (Wildman–Crippen MR) is 75.8 cm³/mol. The average Bonchev–Trinajstić information content (AvgIpc) is 2.97. The summed E-state index contributed by atoms with van der Waals surface area (Å²) in [4.78, 5) is 10.9. The maximum absolute atomic E-state index is 5.86. The zero-order valence-corrected chi connectivity index (χ0v) is 12.1. The number of aromatic nitrogens is 5. The van der Waals surface area contributed by atoms with Crippen molar-refractivity contribution in [1.29, 1.82) is 0 Å². The SMILES string of the molecule is CCc1cc2c(Sc3nnc(C)n3N)ncnc2s1. The third kappa shape index (κ3) is 2.17. The maximum atomic E-state index is 5.86. The maximum Gasteiger partial charge on any atom is 0.216 e. The Bertz CT molecular complexity index is 732. The number of nitrogens with zero attached hydrogens (tertiary/aromatic N) is 5. The summed E-state index contributed by atoms with van der Waals surface area (Å²) in [6, 6.07) is 2.13. The Balaban J connectivity index is 2.05. The number of thiophene rings is 1. The Morgan fingerprint density at radius 1 is 1.37 bits per heavy atom. The van der Waals surface area contributed by atoms with E-state index in [4.69, 9.17) is 5.84 Å². The quantitative estimate of drug-likeness (QED) is 0.587. The van der Waals surface area contributed by atoms with E-state index < -0.39 is 0 Å². The minimum Gasteiger partial charge on any atom is -0.336 e. The number of fused-ring (bicyclic) bond motifs is 1. The molecule has 0 amide bonds. The first-order valence-corrected chi connectivity index (χ1v) is 7.40. The van der Waals surface area contributed by atoms with E-state index in [0.29, 0.717) is 11.0 Å². The fourth-order valence-corrected chi connectivity index (χ4v) is 3.50. The summed E-state index contributed by atoms with van der Waals surface area (Å²) in [6.07, 6.45) is 2.57. The van der Waals surface area contributed by atoms with Gasteiger partial charge in [0.05, 0.1) is 0 Å². The molecule has 8 heteroatoms. The molecule has 0 unspecified atom stereocenters. The molecule has 0 radical (unpaired) electrons. The van der Waals surface area contributed by atoms with Crippen LogP contribution in [0.15, 0.2) is 22.6 Å². The van der Waals surface area contributed by atoms with Gasteiger partial charge in [0, 0.05) is 10.3 Å². The smallest absolute Gasteiger partial charge is 0.216 e. The lowest BCUT2D eigenvalue weighted by molar-refractivity contribution is 0.824. The van der Waals surface area contributed by atoms with Crippen LogP contribution >= 0.6 is 23.1 Å². The molecule has 3 heterocycles. The molecule has 0 aliphatic carbocycles. The molecule has 0 saturated carbocycles. The van der Waals surface area contributed by atoms with E-state index in [1.807, 2.05) is 6.92 Å². The zero-order chi connectivity index (χ0) is 13.4. The van der Waals surface area contributed by atoms with E-state index >= 15 is 0 Å². The van der Waals surface area contributed by atoms with Crippen molar-refractivity contribution >= 4 is 33.3 Å². The molecule has 0 aliphatic heterocycles. The van der Waals surface area contributed by atoms with Crippen LogP contribution in [0.25, 0.3) is 10.2 Å². The molecule has 19 heavy (non-hydrogen) atoms. The molecule has 0 saturated heterocycles. The molecule has 0 bridgehead atoms. The topological polar surface area (TPSA) is 82.5 Å². The molecule has 0 atom stereocenters. The average molecular weight is 292 g/mol. The Hall–Kier alpha value is -1.67. The molecule has 6 nitrogen and oxygen atoms in total. The normalized spacial score (nSPS) is 11.3. The summed E-state index contributed by atoms with van der Waals surface area (Å²) < 4.78 is 1.46. The molecule has 98 valence electrons. The van der Waals surface area contributed by atoms with Gasteiger partial charge >= 0.3 is 0 Å². The second kappa shape index (κ2) is 4.78. The van der Waals surface area contributed by atoms with E-state index in [2.05, 4.69) is 33.2 Å². The predicted octanol–water partition coefficient (Wildman–Crippen LogP) is 2.02. The lowest BCUT2D eigenvalue weighted by Crippen LogP contribution is -2.11. The monoisotopic (exact) mass is 292 g/mol. The van der Waals surface area contributed by atoms with Gasteiger partial charge in [-0.25, -0.2) is 14.6 Å². The highest BCUT2D eigenvalue weighted by molar-refractivity contribution is 7.99. The van der Waals surface area contributed by atoms with Crippen LogP contribution in [0.4, 0.5) is 0 Å². The molecular weight excluding hydrogens is 280 g/mol. The summed E-state index contributed by atoms with van der Waals surface area (Å²) in [5.41, 5.74) is 0. The molecule has 2 N–H and O–H groups in total.